The molecule has 0 aromatic heterocycles. The van der Waals surface area contributed by atoms with E-state index in [9.17, 15) is 45.3 Å². The number of aliphatic hydroxyl groups is 7. The second-order valence-electron chi connectivity index (χ2n) is 17.6. The van der Waals surface area contributed by atoms with Crippen molar-refractivity contribution in [1.82, 2.24) is 0 Å². The van der Waals surface area contributed by atoms with Gasteiger partial charge in [0.05, 0.1) is 19.8 Å². The van der Waals surface area contributed by atoms with Crippen molar-refractivity contribution < 1.29 is 73.8 Å². The van der Waals surface area contributed by atoms with Crippen LogP contribution in [0.2, 0.25) is 0 Å². The lowest BCUT2D eigenvalue weighted by Crippen LogP contribution is -2.61. The lowest BCUT2D eigenvalue weighted by Gasteiger charge is -2.42. The molecule has 7 N–H and O–H groups in total. The van der Waals surface area contributed by atoms with Gasteiger partial charge in [0.2, 0.25) is 0 Å². The number of allylic oxidation sites excluding steroid dienone is 8. The molecule has 15 nitrogen and oxygen atoms in total. The van der Waals surface area contributed by atoms with Crippen LogP contribution < -0.4 is 0 Å². The highest BCUT2D eigenvalue weighted by atomic mass is 16.7. The topological polar surface area (TPSA) is 231 Å². The molecule has 0 aromatic carbocycles. The van der Waals surface area contributed by atoms with E-state index in [1.54, 1.807) is 0 Å². The number of rotatable bonds is 38. The average molecular weight is 941 g/mol. The predicted molar refractivity (Wildman–Crippen MR) is 252 cm³/mol. The van der Waals surface area contributed by atoms with Gasteiger partial charge in [-0.1, -0.05) is 127 Å². The van der Waals surface area contributed by atoms with E-state index in [1.165, 1.54) is 57.8 Å². The van der Waals surface area contributed by atoms with Gasteiger partial charge in [-0.05, 0) is 77.0 Å². The maximum atomic E-state index is 13.0. The van der Waals surface area contributed by atoms with Crippen LogP contribution >= 0.6 is 0 Å². The van der Waals surface area contributed by atoms with Crippen molar-refractivity contribution in [1.29, 1.82) is 0 Å². The van der Waals surface area contributed by atoms with Gasteiger partial charge in [-0.15, -0.1) is 0 Å². The van der Waals surface area contributed by atoms with Crippen LogP contribution in [-0.4, -0.2) is 142 Å². The number of esters is 2. The SMILES string of the molecule is CCCCC/C=C/C/C=C/C/C=C/CCCCCCC(=O)O[C@H](COC(=O)CCCCC/C=C/CCCCCCCC)CO[C@H]1O[C@@H](CO[C@H]2O[C@@H](CO)[C@@H](O)C(O)C2O)[C@@H](O)C(O)C1O. The Morgan fingerprint density at radius 2 is 0.909 bits per heavy atom. The quantitative estimate of drug-likeness (QED) is 0.0194. The number of unbranched alkanes of at least 4 members (excludes halogenated alkanes) is 16. The minimum absolute atomic E-state index is 0.135. The third kappa shape index (κ3) is 26.3. The molecule has 2 heterocycles. The normalized spacial score (nSPS) is 26.6. The summed E-state index contributed by atoms with van der Waals surface area (Å²) in [6, 6.07) is 0. The lowest BCUT2D eigenvalue weighted by atomic mass is 9.98. The Morgan fingerprint density at radius 1 is 0.485 bits per heavy atom. The highest BCUT2D eigenvalue weighted by molar-refractivity contribution is 5.70. The Morgan fingerprint density at radius 3 is 1.48 bits per heavy atom. The summed E-state index contributed by atoms with van der Waals surface area (Å²) in [5.41, 5.74) is 0. The minimum Gasteiger partial charge on any atom is -0.462 e. The van der Waals surface area contributed by atoms with Crippen LogP contribution in [-0.2, 0) is 38.0 Å². The van der Waals surface area contributed by atoms with Gasteiger partial charge >= 0.3 is 11.9 Å². The van der Waals surface area contributed by atoms with E-state index in [-0.39, 0.29) is 19.4 Å². The molecular formula is C51H88O15. The van der Waals surface area contributed by atoms with Crippen LogP contribution in [0, 0.1) is 0 Å². The summed E-state index contributed by atoms with van der Waals surface area (Å²) in [7, 11) is 0. The molecule has 11 atom stereocenters. The Hall–Kier alpha value is -2.54. The number of ether oxygens (including phenoxy) is 6. The molecule has 0 aromatic rings. The van der Waals surface area contributed by atoms with Crippen molar-refractivity contribution in [2.45, 2.75) is 235 Å². The number of carbonyl (C=O) groups is 2. The molecule has 0 radical (unpaired) electrons. The fourth-order valence-electron chi connectivity index (χ4n) is 7.57. The first-order valence-electron chi connectivity index (χ1n) is 25.2. The van der Waals surface area contributed by atoms with Crippen molar-refractivity contribution in [2.75, 3.05) is 26.4 Å². The summed E-state index contributed by atoms with van der Waals surface area (Å²) in [4.78, 5) is 25.7. The lowest BCUT2D eigenvalue weighted by molar-refractivity contribution is -0.332. The van der Waals surface area contributed by atoms with Crippen LogP contribution in [0.5, 0.6) is 0 Å². The predicted octanol–water partition coefficient (Wildman–Crippen LogP) is 6.71. The molecule has 0 bridgehead atoms. The molecule has 0 spiro atoms. The monoisotopic (exact) mass is 941 g/mol. The summed E-state index contributed by atoms with van der Waals surface area (Å²) in [5, 5.41) is 72.0. The molecule has 66 heavy (non-hydrogen) atoms. The first-order chi connectivity index (χ1) is 32.0. The summed E-state index contributed by atoms with van der Waals surface area (Å²) < 4.78 is 33.5. The molecule has 0 amide bonds. The van der Waals surface area contributed by atoms with Crippen molar-refractivity contribution in [3.63, 3.8) is 0 Å². The Kier molecular flexibility index (Phi) is 34.6. The zero-order valence-corrected chi connectivity index (χ0v) is 40.2. The largest absolute Gasteiger partial charge is 0.462 e. The molecule has 2 aliphatic rings. The van der Waals surface area contributed by atoms with Crippen LogP contribution in [0.4, 0.5) is 0 Å². The molecule has 2 fully saturated rings. The number of hydrogen-bond donors (Lipinski definition) is 7. The van der Waals surface area contributed by atoms with Gasteiger partial charge in [-0.2, -0.15) is 0 Å². The summed E-state index contributed by atoms with van der Waals surface area (Å²) in [5.74, 6) is -0.971. The zero-order chi connectivity index (χ0) is 48.2. The Balaban J connectivity index is 1.84. The van der Waals surface area contributed by atoms with Gasteiger partial charge in [0, 0.05) is 12.8 Å². The van der Waals surface area contributed by atoms with Crippen LogP contribution in [0.25, 0.3) is 0 Å². The number of carbonyl (C=O) groups excluding carboxylic acids is 2. The molecule has 382 valence electrons. The van der Waals surface area contributed by atoms with E-state index in [1.807, 2.05) is 0 Å². The maximum absolute atomic E-state index is 13.0. The van der Waals surface area contributed by atoms with Gasteiger partial charge in [0.25, 0.3) is 0 Å². The fourth-order valence-corrected chi connectivity index (χ4v) is 7.57. The van der Waals surface area contributed by atoms with Crippen molar-refractivity contribution in [3.8, 4) is 0 Å². The van der Waals surface area contributed by atoms with Crippen LogP contribution in [0.1, 0.15) is 168 Å². The first kappa shape index (κ1) is 59.6. The van der Waals surface area contributed by atoms with Crippen molar-refractivity contribution in [3.05, 3.63) is 48.6 Å². The zero-order valence-electron chi connectivity index (χ0n) is 40.2. The molecule has 0 aliphatic carbocycles. The summed E-state index contributed by atoms with van der Waals surface area (Å²) in [6.45, 7) is 2.50. The second kappa shape index (κ2) is 38.3. The molecule has 2 rings (SSSR count). The van der Waals surface area contributed by atoms with E-state index in [2.05, 4.69) is 62.5 Å². The Labute approximate surface area is 395 Å². The molecule has 4 unspecified atom stereocenters. The van der Waals surface area contributed by atoms with Gasteiger partial charge in [-0.3, -0.25) is 9.59 Å². The third-order valence-electron chi connectivity index (χ3n) is 11.8. The van der Waals surface area contributed by atoms with Crippen LogP contribution in [0.15, 0.2) is 48.6 Å². The van der Waals surface area contributed by atoms with Gasteiger partial charge in [0.1, 0.15) is 55.4 Å². The molecule has 0 saturated carbocycles. The molecular weight excluding hydrogens is 853 g/mol. The standard InChI is InChI=1S/C51H88O15/c1-3-5-7-9-11-13-15-17-18-19-20-22-24-26-28-30-32-34-43(54)64-39(36-61-42(53)33-31-29-27-25-23-21-16-14-12-10-8-6-4-2)37-62-50-49(60)47(58)45(56)41(66-50)38-63-51-48(59)46(57)44(55)40(35-52)65-51/h11,13,17-18,20-23,39-41,44-52,55-60H,3-10,12,14-16,19,24-38H2,1-2H3/b13-11+,18-17+,22-20+,23-21+/t39-,40+,41+,44-,45-,46?,47?,48?,49?,50+,51+/m1/s1. The van der Waals surface area contributed by atoms with E-state index >= 15 is 0 Å². The third-order valence-corrected chi connectivity index (χ3v) is 11.8. The fraction of sp³-hybridized carbons (Fsp3) is 0.804. The summed E-state index contributed by atoms with van der Waals surface area (Å²) >= 11 is 0. The maximum Gasteiger partial charge on any atom is 0.306 e. The highest BCUT2D eigenvalue weighted by Crippen LogP contribution is 2.26. The van der Waals surface area contributed by atoms with Crippen molar-refractivity contribution in [2.24, 2.45) is 0 Å². The van der Waals surface area contributed by atoms with E-state index in [0.717, 1.165) is 70.6 Å². The van der Waals surface area contributed by atoms with Gasteiger partial charge in [-0.25, -0.2) is 0 Å². The van der Waals surface area contributed by atoms with Gasteiger partial charge < -0.3 is 64.2 Å². The average Bonchev–Trinajstić information content (AvgIpc) is 3.31. The highest BCUT2D eigenvalue weighted by Gasteiger charge is 2.47. The van der Waals surface area contributed by atoms with E-state index < -0.39 is 99.3 Å². The smallest absolute Gasteiger partial charge is 0.306 e. The summed E-state index contributed by atoms with van der Waals surface area (Å²) in [6.07, 6.45) is 24.3. The molecule has 15 heteroatoms. The van der Waals surface area contributed by atoms with Crippen molar-refractivity contribution >= 4 is 11.9 Å². The Bertz CT molecular complexity index is 1340. The number of aliphatic hydroxyl groups excluding tert-OH is 7. The second-order valence-corrected chi connectivity index (χ2v) is 17.6. The van der Waals surface area contributed by atoms with Crippen LogP contribution in [0.3, 0.4) is 0 Å². The molecule has 2 aliphatic heterocycles. The number of hydrogen-bond acceptors (Lipinski definition) is 15. The van der Waals surface area contributed by atoms with E-state index in [0.29, 0.717) is 12.8 Å². The first-order valence-corrected chi connectivity index (χ1v) is 25.2. The van der Waals surface area contributed by atoms with Gasteiger partial charge in [0.15, 0.2) is 18.7 Å². The van der Waals surface area contributed by atoms with E-state index in [4.69, 9.17) is 28.4 Å². The minimum atomic E-state index is -1.77. The molecule has 2 saturated heterocycles.